The smallest absolute Gasteiger partial charge is 0.0951 e. The summed E-state index contributed by atoms with van der Waals surface area (Å²) in [5, 5.41) is 0. The highest BCUT2D eigenvalue weighted by atomic mass is 15.0. The van der Waals surface area contributed by atoms with Gasteiger partial charge in [-0.15, -0.1) is 0 Å². The largest absolute Gasteiger partial charge is 0.340 e. The molecular weight excluding hydrogens is 184 g/mol. The first-order valence-electron chi connectivity index (χ1n) is 5.14. The van der Waals surface area contributed by atoms with Crippen LogP contribution < -0.4 is 0 Å². The van der Waals surface area contributed by atoms with E-state index in [0.29, 0.717) is 0 Å². The van der Waals surface area contributed by atoms with Crippen molar-refractivity contribution in [1.29, 1.82) is 0 Å². The van der Waals surface area contributed by atoms with Crippen LogP contribution in [0, 0.1) is 5.41 Å². The van der Waals surface area contributed by atoms with Gasteiger partial charge in [-0.1, -0.05) is 44.2 Å². The molecule has 0 amide bonds. The second-order valence-electron chi connectivity index (χ2n) is 4.56. The first kappa shape index (κ1) is 9.97. The minimum absolute atomic E-state index is 0.132. The lowest BCUT2D eigenvalue weighted by atomic mass is 9.93. The average molecular weight is 200 g/mol. The lowest BCUT2D eigenvalue weighted by molar-refractivity contribution is 0.627. The fourth-order valence-corrected chi connectivity index (χ4v) is 1.55. The molecule has 1 aromatic heterocycles. The van der Waals surface area contributed by atoms with Crippen molar-refractivity contribution in [2.45, 2.75) is 13.8 Å². The van der Waals surface area contributed by atoms with Gasteiger partial charge in [-0.3, -0.25) is 0 Å². The molecule has 0 aromatic carbocycles. The monoisotopic (exact) mass is 200 g/mol. The molecule has 1 aliphatic carbocycles. The zero-order chi connectivity index (χ0) is 10.9. The minimum Gasteiger partial charge on any atom is -0.340 e. The average Bonchev–Trinajstić information content (AvgIpc) is 2.49. The van der Waals surface area contributed by atoms with E-state index < -0.39 is 0 Å². The number of aromatic nitrogens is 2. The maximum absolute atomic E-state index is 4.34. The summed E-state index contributed by atoms with van der Waals surface area (Å²) in [6.45, 7) is 4.38. The van der Waals surface area contributed by atoms with Gasteiger partial charge in [-0.25, -0.2) is 4.98 Å². The van der Waals surface area contributed by atoms with Gasteiger partial charge in [0.05, 0.1) is 12.0 Å². The van der Waals surface area contributed by atoms with Crippen molar-refractivity contribution < 1.29 is 0 Å². The van der Waals surface area contributed by atoms with E-state index in [0.717, 1.165) is 11.3 Å². The zero-order valence-electron chi connectivity index (χ0n) is 9.44. The lowest BCUT2D eigenvalue weighted by Gasteiger charge is -2.12. The van der Waals surface area contributed by atoms with E-state index in [4.69, 9.17) is 0 Å². The summed E-state index contributed by atoms with van der Waals surface area (Å²) in [5.74, 6) is 0. The first-order valence-corrected chi connectivity index (χ1v) is 5.14. The molecular formula is C13H16N2. The van der Waals surface area contributed by atoms with Gasteiger partial charge in [-0.2, -0.15) is 0 Å². The molecule has 78 valence electrons. The number of hydrogen-bond acceptors (Lipinski definition) is 1. The molecule has 2 heteroatoms. The Bertz CT molecular complexity index is 445. The fraction of sp³-hybridized carbons (Fsp3) is 0.308. The van der Waals surface area contributed by atoms with E-state index >= 15 is 0 Å². The summed E-state index contributed by atoms with van der Waals surface area (Å²) in [6.07, 6.45) is 14.6. The third-order valence-electron chi connectivity index (χ3n) is 2.49. The van der Waals surface area contributed by atoms with Gasteiger partial charge in [0, 0.05) is 24.2 Å². The van der Waals surface area contributed by atoms with Gasteiger partial charge in [0.2, 0.25) is 0 Å². The fourth-order valence-electron chi connectivity index (χ4n) is 1.55. The molecule has 15 heavy (non-hydrogen) atoms. The Balaban J connectivity index is 2.33. The van der Waals surface area contributed by atoms with E-state index in [1.807, 2.05) is 24.1 Å². The standard InChI is InChI=1S/C13H16N2/c1-13(2)7-4-5-11(6-8-13)12-9-15(3)10-14-12/h4-10H,1-3H3. The minimum atomic E-state index is 0.132. The maximum Gasteiger partial charge on any atom is 0.0951 e. The van der Waals surface area contributed by atoms with E-state index in [1.54, 1.807) is 0 Å². The molecule has 0 saturated carbocycles. The summed E-state index contributed by atoms with van der Waals surface area (Å²) in [5.41, 5.74) is 2.32. The molecule has 0 unspecified atom stereocenters. The third-order valence-corrected chi connectivity index (χ3v) is 2.49. The van der Waals surface area contributed by atoms with Gasteiger partial charge in [0.1, 0.15) is 0 Å². The summed E-state index contributed by atoms with van der Waals surface area (Å²) < 4.78 is 1.96. The molecule has 1 aromatic rings. The molecule has 0 radical (unpaired) electrons. The van der Waals surface area contributed by atoms with Crippen molar-refractivity contribution in [2.75, 3.05) is 0 Å². The van der Waals surface area contributed by atoms with Crippen LogP contribution >= 0.6 is 0 Å². The Morgan fingerprint density at radius 1 is 1.27 bits per heavy atom. The highest BCUT2D eigenvalue weighted by molar-refractivity contribution is 5.73. The molecule has 1 aliphatic rings. The summed E-state index contributed by atoms with van der Waals surface area (Å²) in [4.78, 5) is 4.34. The van der Waals surface area contributed by atoms with Crippen LogP contribution in [0.4, 0.5) is 0 Å². The summed E-state index contributed by atoms with van der Waals surface area (Å²) in [6, 6.07) is 0. The third kappa shape index (κ3) is 2.27. The van der Waals surface area contributed by atoms with Crippen LogP contribution in [0.15, 0.2) is 42.9 Å². The number of aryl methyl sites for hydroxylation is 1. The summed E-state index contributed by atoms with van der Waals surface area (Å²) in [7, 11) is 1.98. The maximum atomic E-state index is 4.34. The van der Waals surface area contributed by atoms with Crippen molar-refractivity contribution in [3.63, 3.8) is 0 Å². The van der Waals surface area contributed by atoms with E-state index in [-0.39, 0.29) is 5.41 Å². The first-order chi connectivity index (χ1) is 7.07. The quantitative estimate of drug-likeness (QED) is 0.681. The molecule has 0 bridgehead atoms. The zero-order valence-corrected chi connectivity index (χ0v) is 9.44. The van der Waals surface area contributed by atoms with Crippen molar-refractivity contribution in [1.82, 2.24) is 9.55 Å². The lowest BCUT2D eigenvalue weighted by Crippen LogP contribution is -2.00. The second kappa shape index (κ2) is 3.54. The number of rotatable bonds is 1. The van der Waals surface area contributed by atoms with E-state index in [9.17, 15) is 0 Å². The number of allylic oxidation sites excluding steroid dienone is 6. The van der Waals surface area contributed by atoms with Gasteiger partial charge < -0.3 is 4.57 Å². The van der Waals surface area contributed by atoms with Crippen LogP contribution in [0.5, 0.6) is 0 Å². The molecule has 0 fully saturated rings. The molecule has 2 nitrogen and oxygen atoms in total. The Morgan fingerprint density at radius 3 is 2.73 bits per heavy atom. The number of imidazole rings is 1. The van der Waals surface area contributed by atoms with Gasteiger partial charge >= 0.3 is 0 Å². The van der Waals surface area contributed by atoms with Crippen molar-refractivity contribution >= 4 is 5.57 Å². The second-order valence-corrected chi connectivity index (χ2v) is 4.56. The topological polar surface area (TPSA) is 17.8 Å². The molecule has 1 heterocycles. The predicted octanol–water partition coefficient (Wildman–Crippen LogP) is 2.96. The molecule has 0 spiro atoms. The van der Waals surface area contributed by atoms with Crippen molar-refractivity contribution in [2.24, 2.45) is 12.5 Å². The SMILES string of the molecule is Cn1cnc(C2=CC=CC(C)(C)C=C2)c1. The van der Waals surface area contributed by atoms with Crippen LogP contribution in [-0.4, -0.2) is 9.55 Å². The molecule has 0 aliphatic heterocycles. The van der Waals surface area contributed by atoms with Crippen LogP contribution in [-0.2, 0) is 7.05 Å². The molecule has 0 atom stereocenters. The van der Waals surface area contributed by atoms with Crippen LogP contribution in [0.25, 0.3) is 5.57 Å². The highest BCUT2D eigenvalue weighted by Crippen LogP contribution is 2.25. The Labute approximate surface area is 90.6 Å². The van der Waals surface area contributed by atoms with Crippen LogP contribution in [0.3, 0.4) is 0 Å². The number of nitrogens with zero attached hydrogens (tertiary/aromatic N) is 2. The summed E-state index contributed by atoms with van der Waals surface area (Å²) >= 11 is 0. The van der Waals surface area contributed by atoms with Gasteiger partial charge in [0.15, 0.2) is 0 Å². The van der Waals surface area contributed by atoms with Crippen LogP contribution in [0.2, 0.25) is 0 Å². The Hall–Kier alpha value is -1.57. The highest BCUT2D eigenvalue weighted by Gasteiger charge is 2.11. The number of hydrogen-bond donors (Lipinski definition) is 0. The van der Waals surface area contributed by atoms with Crippen molar-refractivity contribution in [3.8, 4) is 0 Å². The van der Waals surface area contributed by atoms with Gasteiger partial charge in [0.25, 0.3) is 0 Å². The Morgan fingerprint density at radius 2 is 2.07 bits per heavy atom. The normalized spacial score (nSPS) is 18.7. The Kier molecular flexibility index (Phi) is 2.35. The molecule has 0 N–H and O–H groups in total. The molecule has 2 rings (SSSR count). The van der Waals surface area contributed by atoms with Gasteiger partial charge in [-0.05, 0) is 0 Å². The molecule has 0 saturated heterocycles. The van der Waals surface area contributed by atoms with E-state index in [2.05, 4.69) is 49.2 Å². The van der Waals surface area contributed by atoms with Crippen molar-refractivity contribution in [3.05, 3.63) is 48.6 Å². The van der Waals surface area contributed by atoms with Crippen LogP contribution in [0.1, 0.15) is 19.5 Å². The van der Waals surface area contributed by atoms with E-state index in [1.165, 1.54) is 0 Å². The predicted molar refractivity (Wildman–Crippen MR) is 63.2 cm³/mol.